The van der Waals surface area contributed by atoms with Crippen LogP contribution in [0.3, 0.4) is 0 Å². The maximum absolute atomic E-state index is 5.61. The van der Waals surface area contributed by atoms with E-state index in [9.17, 15) is 0 Å². The molecule has 0 amide bonds. The molecular formula is C15H18O. The lowest BCUT2D eigenvalue weighted by molar-refractivity contribution is 0.201. The molecule has 0 aliphatic carbocycles. The molecule has 0 N–H and O–H groups in total. The van der Waals surface area contributed by atoms with Gasteiger partial charge < -0.3 is 4.74 Å². The summed E-state index contributed by atoms with van der Waals surface area (Å²) < 4.78 is 5.61. The molecule has 1 nitrogen and oxygen atoms in total. The molecule has 0 saturated carbocycles. The van der Waals surface area contributed by atoms with Crippen molar-refractivity contribution in [1.29, 1.82) is 0 Å². The zero-order valence-corrected chi connectivity index (χ0v) is 9.94. The predicted octanol–water partition coefficient (Wildman–Crippen LogP) is 4.24. The van der Waals surface area contributed by atoms with Gasteiger partial charge in [0.15, 0.2) is 0 Å². The highest BCUT2D eigenvalue weighted by Crippen LogP contribution is 2.06. The molecule has 1 rings (SSSR count). The van der Waals surface area contributed by atoms with Crippen LogP contribution in [0.15, 0.2) is 66.5 Å². The Balaban J connectivity index is 2.47. The predicted molar refractivity (Wildman–Crippen MR) is 68.9 cm³/mol. The Labute approximate surface area is 97.8 Å². The Bertz CT molecular complexity index is 385. The molecular weight excluding hydrogens is 196 g/mol. The summed E-state index contributed by atoms with van der Waals surface area (Å²) in [4.78, 5) is 0. The van der Waals surface area contributed by atoms with Crippen LogP contribution in [0.1, 0.15) is 19.4 Å². The van der Waals surface area contributed by atoms with E-state index in [4.69, 9.17) is 4.74 Å². The molecule has 0 heterocycles. The fraction of sp³-hybridized carbons (Fsp3) is 0.200. The van der Waals surface area contributed by atoms with Gasteiger partial charge in [0.2, 0.25) is 0 Å². The Morgan fingerprint density at radius 3 is 2.50 bits per heavy atom. The lowest BCUT2D eigenvalue weighted by atomic mass is 10.2. The van der Waals surface area contributed by atoms with Gasteiger partial charge in [-0.15, -0.1) is 0 Å². The van der Waals surface area contributed by atoms with Crippen LogP contribution in [0.5, 0.6) is 0 Å². The molecule has 0 saturated heterocycles. The molecule has 0 spiro atoms. The number of benzene rings is 1. The van der Waals surface area contributed by atoms with Crippen LogP contribution in [0.4, 0.5) is 0 Å². The lowest BCUT2D eigenvalue weighted by Gasteiger charge is -2.05. The monoisotopic (exact) mass is 214 g/mol. The minimum absolute atomic E-state index is 0.615. The standard InChI is InChI=1S/C15H18O/c1-4-13(2)10-11-14(3)16-12-15-8-6-5-7-9-15/h4-11H,1,12H2,2-3H3/b13-10-,14-11+. The van der Waals surface area contributed by atoms with E-state index in [0.717, 1.165) is 11.3 Å². The molecule has 0 atom stereocenters. The molecule has 1 aromatic rings. The summed E-state index contributed by atoms with van der Waals surface area (Å²) in [5.74, 6) is 0.907. The molecule has 0 aliphatic heterocycles. The first-order chi connectivity index (χ1) is 7.72. The summed E-state index contributed by atoms with van der Waals surface area (Å²) in [5.41, 5.74) is 2.31. The average Bonchev–Trinajstić information content (AvgIpc) is 2.34. The summed E-state index contributed by atoms with van der Waals surface area (Å²) in [6, 6.07) is 10.1. The van der Waals surface area contributed by atoms with Gasteiger partial charge in [-0.05, 0) is 25.5 Å². The Morgan fingerprint density at radius 2 is 1.88 bits per heavy atom. The Hall–Kier alpha value is -1.76. The van der Waals surface area contributed by atoms with Crippen molar-refractivity contribution in [2.75, 3.05) is 0 Å². The van der Waals surface area contributed by atoms with Crippen LogP contribution in [-0.2, 0) is 11.3 Å². The first-order valence-electron chi connectivity index (χ1n) is 5.36. The minimum atomic E-state index is 0.615. The third kappa shape index (κ3) is 4.65. The van der Waals surface area contributed by atoms with E-state index in [0.29, 0.717) is 6.61 Å². The molecule has 0 radical (unpaired) electrons. The second-order valence-electron chi connectivity index (χ2n) is 3.67. The molecule has 0 aliphatic rings. The molecule has 84 valence electrons. The van der Waals surface area contributed by atoms with Crippen molar-refractivity contribution in [3.8, 4) is 0 Å². The van der Waals surface area contributed by atoms with E-state index >= 15 is 0 Å². The number of ether oxygens (including phenoxy) is 1. The maximum atomic E-state index is 5.61. The summed E-state index contributed by atoms with van der Waals surface area (Å²) in [6.45, 7) is 8.27. The fourth-order valence-corrected chi connectivity index (χ4v) is 1.14. The number of hydrogen-bond donors (Lipinski definition) is 0. The van der Waals surface area contributed by atoms with Gasteiger partial charge in [0.25, 0.3) is 0 Å². The third-order valence-electron chi connectivity index (χ3n) is 2.21. The second kappa shape index (κ2) is 6.67. The molecule has 0 fully saturated rings. The van der Waals surface area contributed by atoms with Crippen LogP contribution < -0.4 is 0 Å². The van der Waals surface area contributed by atoms with Crippen molar-refractivity contribution in [1.82, 2.24) is 0 Å². The second-order valence-corrected chi connectivity index (χ2v) is 3.67. The molecule has 1 aromatic carbocycles. The van der Waals surface area contributed by atoms with Crippen LogP contribution in [0.2, 0.25) is 0 Å². The highest BCUT2D eigenvalue weighted by molar-refractivity contribution is 5.21. The largest absolute Gasteiger partial charge is 0.494 e. The van der Waals surface area contributed by atoms with E-state index in [1.165, 1.54) is 5.56 Å². The van der Waals surface area contributed by atoms with Gasteiger partial charge in [-0.1, -0.05) is 54.6 Å². The first-order valence-corrected chi connectivity index (χ1v) is 5.36. The summed E-state index contributed by atoms with van der Waals surface area (Å²) in [5, 5.41) is 0. The average molecular weight is 214 g/mol. The van der Waals surface area contributed by atoms with Crippen molar-refractivity contribution < 1.29 is 4.74 Å². The van der Waals surface area contributed by atoms with E-state index in [-0.39, 0.29) is 0 Å². The summed E-state index contributed by atoms with van der Waals surface area (Å²) in [7, 11) is 0. The highest BCUT2D eigenvalue weighted by Gasteiger charge is 1.92. The van der Waals surface area contributed by atoms with Gasteiger partial charge in [0.1, 0.15) is 6.61 Å². The zero-order valence-electron chi connectivity index (χ0n) is 9.94. The normalized spacial score (nSPS) is 12.4. The van der Waals surface area contributed by atoms with Gasteiger partial charge in [0.05, 0.1) is 5.76 Å². The Morgan fingerprint density at radius 1 is 1.19 bits per heavy atom. The number of allylic oxidation sites excluding steroid dienone is 5. The molecule has 0 bridgehead atoms. The molecule has 0 aromatic heterocycles. The molecule has 0 unspecified atom stereocenters. The van der Waals surface area contributed by atoms with Gasteiger partial charge >= 0.3 is 0 Å². The first kappa shape index (κ1) is 12.3. The highest BCUT2D eigenvalue weighted by atomic mass is 16.5. The number of rotatable bonds is 5. The molecule has 16 heavy (non-hydrogen) atoms. The number of hydrogen-bond acceptors (Lipinski definition) is 1. The topological polar surface area (TPSA) is 9.23 Å². The van der Waals surface area contributed by atoms with Crippen LogP contribution in [0.25, 0.3) is 0 Å². The minimum Gasteiger partial charge on any atom is -0.494 e. The van der Waals surface area contributed by atoms with Gasteiger partial charge in [-0.25, -0.2) is 0 Å². The zero-order chi connectivity index (χ0) is 11.8. The van der Waals surface area contributed by atoms with E-state index in [2.05, 4.69) is 18.7 Å². The van der Waals surface area contributed by atoms with Crippen LogP contribution in [0, 0.1) is 0 Å². The molecule has 1 heteroatoms. The van der Waals surface area contributed by atoms with Crippen molar-refractivity contribution in [2.24, 2.45) is 0 Å². The van der Waals surface area contributed by atoms with E-state index in [1.54, 1.807) is 0 Å². The van der Waals surface area contributed by atoms with E-state index in [1.807, 2.05) is 50.3 Å². The quantitative estimate of drug-likeness (QED) is 0.526. The van der Waals surface area contributed by atoms with Crippen molar-refractivity contribution in [3.05, 3.63) is 72.0 Å². The van der Waals surface area contributed by atoms with Crippen molar-refractivity contribution >= 4 is 0 Å². The van der Waals surface area contributed by atoms with Gasteiger partial charge in [-0.3, -0.25) is 0 Å². The van der Waals surface area contributed by atoms with Gasteiger partial charge in [-0.2, -0.15) is 0 Å². The summed E-state index contributed by atoms with van der Waals surface area (Å²) >= 11 is 0. The van der Waals surface area contributed by atoms with Crippen molar-refractivity contribution in [3.63, 3.8) is 0 Å². The van der Waals surface area contributed by atoms with Crippen molar-refractivity contribution in [2.45, 2.75) is 20.5 Å². The lowest BCUT2D eigenvalue weighted by Crippen LogP contribution is -1.89. The SMILES string of the molecule is C=C/C(C)=C\C=C(/C)OCc1ccccc1. The van der Waals surface area contributed by atoms with Crippen LogP contribution >= 0.6 is 0 Å². The summed E-state index contributed by atoms with van der Waals surface area (Å²) in [6.07, 6.45) is 5.77. The fourth-order valence-electron chi connectivity index (χ4n) is 1.14. The smallest absolute Gasteiger partial charge is 0.113 e. The Kier molecular flexibility index (Phi) is 5.13. The maximum Gasteiger partial charge on any atom is 0.113 e. The van der Waals surface area contributed by atoms with Gasteiger partial charge in [0, 0.05) is 0 Å². The van der Waals surface area contributed by atoms with E-state index < -0.39 is 0 Å². The third-order valence-corrected chi connectivity index (χ3v) is 2.21. The van der Waals surface area contributed by atoms with Crippen LogP contribution in [-0.4, -0.2) is 0 Å².